The second-order valence-electron chi connectivity index (χ2n) is 3.13. The number of tetrazole rings is 1. The van der Waals surface area contributed by atoms with Gasteiger partial charge in [-0.25, -0.2) is 13.5 Å². The maximum absolute atomic E-state index is 12.3. The molecule has 0 amide bonds. The second-order valence-corrected chi connectivity index (χ2v) is 3.13. The predicted octanol–water partition coefficient (Wildman–Crippen LogP) is 0.0457. The van der Waals surface area contributed by atoms with E-state index in [4.69, 9.17) is 5.73 Å². The molecule has 0 saturated carbocycles. The highest BCUT2D eigenvalue weighted by Gasteiger charge is 2.29. The van der Waals surface area contributed by atoms with Crippen LogP contribution in [0.25, 0.3) is 0 Å². The number of alkyl halides is 2. The van der Waals surface area contributed by atoms with Crippen LogP contribution in [0.15, 0.2) is 6.33 Å². The van der Waals surface area contributed by atoms with Crippen LogP contribution in [-0.2, 0) is 6.54 Å². The van der Waals surface area contributed by atoms with Crippen LogP contribution in [0.2, 0.25) is 0 Å². The van der Waals surface area contributed by atoms with E-state index >= 15 is 0 Å². The van der Waals surface area contributed by atoms with Gasteiger partial charge < -0.3 is 5.73 Å². The molecule has 5 nitrogen and oxygen atoms in total. The SMILES string of the molecule is CC(N)(CCn1cnnn1)C(F)F. The molecule has 0 spiro atoms. The van der Waals surface area contributed by atoms with Crippen molar-refractivity contribution in [3.8, 4) is 0 Å². The van der Waals surface area contributed by atoms with Gasteiger partial charge in [-0.3, -0.25) is 0 Å². The van der Waals surface area contributed by atoms with Crippen molar-refractivity contribution in [3.05, 3.63) is 6.33 Å². The first-order valence-electron chi connectivity index (χ1n) is 3.80. The summed E-state index contributed by atoms with van der Waals surface area (Å²) < 4.78 is 25.9. The molecule has 0 fully saturated rings. The maximum Gasteiger partial charge on any atom is 0.256 e. The van der Waals surface area contributed by atoms with Gasteiger partial charge in [0.1, 0.15) is 6.33 Å². The summed E-state index contributed by atoms with van der Waals surface area (Å²) in [5, 5.41) is 10.3. The highest BCUT2D eigenvalue weighted by molar-refractivity contribution is 4.80. The van der Waals surface area contributed by atoms with Crippen LogP contribution in [-0.4, -0.2) is 32.2 Å². The van der Waals surface area contributed by atoms with Gasteiger partial charge in [0.25, 0.3) is 6.43 Å². The van der Waals surface area contributed by atoms with Gasteiger partial charge in [-0.2, -0.15) is 0 Å². The van der Waals surface area contributed by atoms with E-state index in [2.05, 4.69) is 15.5 Å². The van der Waals surface area contributed by atoms with E-state index in [1.165, 1.54) is 17.9 Å². The average molecular weight is 191 g/mol. The van der Waals surface area contributed by atoms with Gasteiger partial charge in [-0.15, -0.1) is 5.10 Å². The van der Waals surface area contributed by atoms with E-state index in [-0.39, 0.29) is 6.42 Å². The van der Waals surface area contributed by atoms with Crippen molar-refractivity contribution in [2.45, 2.75) is 31.9 Å². The molecule has 0 bridgehead atoms. The number of nitrogens with two attached hydrogens (primary N) is 1. The predicted molar refractivity (Wildman–Crippen MR) is 41.0 cm³/mol. The Morgan fingerprint density at radius 2 is 2.31 bits per heavy atom. The molecule has 0 aliphatic rings. The van der Waals surface area contributed by atoms with E-state index in [1.54, 1.807) is 0 Å². The van der Waals surface area contributed by atoms with E-state index in [1.807, 2.05) is 0 Å². The third kappa shape index (κ3) is 2.69. The molecule has 13 heavy (non-hydrogen) atoms. The molecule has 7 heteroatoms. The van der Waals surface area contributed by atoms with Crippen molar-refractivity contribution in [2.75, 3.05) is 0 Å². The summed E-state index contributed by atoms with van der Waals surface area (Å²) in [4.78, 5) is 0. The molecule has 1 atom stereocenters. The number of halogens is 2. The Bertz CT molecular complexity index is 246. The lowest BCUT2D eigenvalue weighted by atomic mass is 10.0. The molecule has 1 rings (SSSR count). The monoisotopic (exact) mass is 191 g/mol. The first kappa shape index (κ1) is 9.97. The molecule has 1 aromatic heterocycles. The minimum absolute atomic E-state index is 0.135. The third-order valence-electron chi connectivity index (χ3n) is 1.77. The molecule has 1 aromatic rings. The van der Waals surface area contributed by atoms with Crippen molar-refractivity contribution < 1.29 is 8.78 Å². The summed E-state index contributed by atoms with van der Waals surface area (Å²) in [6.45, 7) is 1.60. The summed E-state index contributed by atoms with van der Waals surface area (Å²) in [5.74, 6) is 0. The zero-order valence-corrected chi connectivity index (χ0v) is 7.19. The van der Waals surface area contributed by atoms with E-state index in [0.717, 1.165) is 0 Å². The Kier molecular flexibility index (Phi) is 2.86. The number of hydrogen-bond acceptors (Lipinski definition) is 4. The number of aryl methyl sites for hydroxylation is 1. The maximum atomic E-state index is 12.3. The number of hydrogen-bond donors (Lipinski definition) is 1. The molecular weight excluding hydrogens is 180 g/mol. The fourth-order valence-electron chi connectivity index (χ4n) is 0.747. The van der Waals surface area contributed by atoms with Crippen LogP contribution in [0.3, 0.4) is 0 Å². The van der Waals surface area contributed by atoms with Gasteiger partial charge in [0.15, 0.2) is 0 Å². The summed E-state index contributed by atoms with van der Waals surface area (Å²) in [5.41, 5.74) is 3.86. The van der Waals surface area contributed by atoms with Crippen molar-refractivity contribution >= 4 is 0 Å². The summed E-state index contributed by atoms with van der Waals surface area (Å²) in [7, 11) is 0. The molecule has 0 saturated heterocycles. The van der Waals surface area contributed by atoms with Gasteiger partial charge in [-0.05, 0) is 23.8 Å². The Labute approximate surface area is 73.9 Å². The molecule has 74 valence electrons. The Balaban J connectivity index is 2.42. The lowest BCUT2D eigenvalue weighted by Crippen LogP contribution is -2.44. The minimum Gasteiger partial charge on any atom is -0.321 e. The van der Waals surface area contributed by atoms with Crippen LogP contribution >= 0.6 is 0 Å². The van der Waals surface area contributed by atoms with Crippen molar-refractivity contribution in [1.29, 1.82) is 0 Å². The lowest BCUT2D eigenvalue weighted by Gasteiger charge is -2.22. The van der Waals surface area contributed by atoms with Crippen LogP contribution in [0, 0.1) is 0 Å². The number of aromatic nitrogens is 4. The van der Waals surface area contributed by atoms with Crippen LogP contribution in [0.1, 0.15) is 13.3 Å². The highest BCUT2D eigenvalue weighted by Crippen LogP contribution is 2.16. The largest absolute Gasteiger partial charge is 0.321 e. The number of nitrogens with zero attached hydrogens (tertiary/aromatic N) is 4. The quantitative estimate of drug-likeness (QED) is 0.729. The molecular formula is C6H11F2N5. The molecule has 2 N–H and O–H groups in total. The van der Waals surface area contributed by atoms with Crippen LogP contribution in [0.4, 0.5) is 8.78 Å². The van der Waals surface area contributed by atoms with Gasteiger partial charge in [0.05, 0.1) is 5.54 Å². The zero-order chi connectivity index (χ0) is 9.90. The normalized spacial score (nSPS) is 16.1. The second kappa shape index (κ2) is 3.73. The van der Waals surface area contributed by atoms with Gasteiger partial charge in [-0.1, -0.05) is 0 Å². The average Bonchev–Trinajstić information content (AvgIpc) is 2.52. The molecule has 0 aromatic carbocycles. The first-order chi connectivity index (χ1) is 6.02. The molecule has 0 aliphatic heterocycles. The van der Waals surface area contributed by atoms with E-state index in [0.29, 0.717) is 6.54 Å². The van der Waals surface area contributed by atoms with Gasteiger partial charge in [0.2, 0.25) is 0 Å². The molecule has 0 radical (unpaired) electrons. The first-order valence-corrected chi connectivity index (χ1v) is 3.80. The third-order valence-corrected chi connectivity index (χ3v) is 1.77. The van der Waals surface area contributed by atoms with Crippen molar-refractivity contribution in [2.24, 2.45) is 5.73 Å². The Morgan fingerprint density at radius 1 is 1.62 bits per heavy atom. The van der Waals surface area contributed by atoms with E-state index in [9.17, 15) is 8.78 Å². The smallest absolute Gasteiger partial charge is 0.256 e. The fraction of sp³-hybridized carbons (Fsp3) is 0.833. The Hall–Kier alpha value is -1.11. The zero-order valence-electron chi connectivity index (χ0n) is 7.19. The van der Waals surface area contributed by atoms with Crippen LogP contribution < -0.4 is 5.73 Å². The summed E-state index contributed by atoms with van der Waals surface area (Å²) in [6, 6.07) is 0. The van der Waals surface area contributed by atoms with E-state index < -0.39 is 12.0 Å². The Morgan fingerprint density at radius 3 is 2.77 bits per heavy atom. The van der Waals surface area contributed by atoms with Gasteiger partial charge in [0, 0.05) is 6.54 Å². The fourth-order valence-corrected chi connectivity index (χ4v) is 0.747. The topological polar surface area (TPSA) is 69.6 Å². The molecule has 0 aliphatic carbocycles. The van der Waals surface area contributed by atoms with Crippen molar-refractivity contribution in [3.63, 3.8) is 0 Å². The summed E-state index contributed by atoms with van der Waals surface area (Å²) >= 11 is 0. The molecule has 1 heterocycles. The van der Waals surface area contributed by atoms with Crippen LogP contribution in [0.5, 0.6) is 0 Å². The standard InChI is InChI=1S/C6H11F2N5/c1-6(9,5(7)8)2-3-13-4-10-11-12-13/h4-5H,2-3,9H2,1H3. The molecule has 1 unspecified atom stereocenters. The summed E-state index contributed by atoms with van der Waals surface area (Å²) in [6.07, 6.45) is -1.04. The van der Waals surface area contributed by atoms with Gasteiger partial charge >= 0.3 is 0 Å². The highest BCUT2D eigenvalue weighted by atomic mass is 19.3. The minimum atomic E-state index is -2.54. The number of rotatable bonds is 4. The lowest BCUT2D eigenvalue weighted by molar-refractivity contribution is 0.0558. The van der Waals surface area contributed by atoms with Crippen molar-refractivity contribution in [1.82, 2.24) is 20.2 Å².